The van der Waals surface area contributed by atoms with Crippen molar-refractivity contribution in [2.45, 2.75) is 50.2 Å². The Labute approximate surface area is 109 Å². The first-order chi connectivity index (χ1) is 8.90. The van der Waals surface area contributed by atoms with Crippen molar-refractivity contribution >= 4 is 5.91 Å². The molecule has 0 aromatic carbocycles. The summed E-state index contributed by atoms with van der Waals surface area (Å²) in [7, 11) is 0. The third kappa shape index (κ3) is 2.20. The van der Waals surface area contributed by atoms with Gasteiger partial charge in [-0.15, -0.1) is 19.6 Å². The van der Waals surface area contributed by atoms with Crippen LogP contribution in [0.5, 0.6) is 0 Å². The molecule has 1 saturated heterocycles. The van der Waals surface area contributed by atoms with Gasteiger partial charge in [0, 0.05) is 17.9 Å². The third-order valence-electron chi connectivity index (χ3n) is 4.26. The summed E-state index contributed by atoms with van der Waals surface area (Å²) < 4.78 is 41.0. The summed E-state index contributed by atoms with van der Waals surface area (Å²) in [6.45, 7) is 0. The summed E-state index contributed by atoms with van der Waals surface area (Å²) in [6.07, 6.45) is 2.36. The predicted octanol–water partition coefficient (Wildman–Crippen LogP) is 1.92. The van der Waals surface area contributed by atoms with E-state index in [0.29, 0.717) is 6.42 Å². The minimum Gasteiger partial charge on any atom is -0.325 e. The fourth-order valence-electron chi connectivity index (χ4n) is 3.37. The van der Waals surface area contributed by atoms with Crippen LogP contribution in [0.3, 0.4) is 0 Å². The van der Waals surface area contributed by atoms with E-state index < -0.39 is 18.5 Å². The Morgan fingerprint density at radius 1 is 1.32 bits per heavy atom. The molecule has 104 valence electrons. The molecule has 3 fully saturated rings. The van der Waals surface area contributed by atoms with E-state index in [-0.39, 0.29) is 30.2 Å². The highest BCUT2D eigenvalue weighted by Gasteiger charge is 2.56. The van der Waals surface area contributed by atoms with Gasteiger partial charge < -0.3 is 4.90 Å². The zero-order valence-corrected chi connectivity index (χ0v) is 10.2. The largest absolute Gasteiger partial charge is 0.522 e. The van der Waals surface area contributed by atoms with Gasteiger partial charge in [0.15, 0.2) is 0 Å². The van der Waals surface area contributed by atoms with Crippen LogP contribution in [0.1, 0.15) is 25.7 Å². The number of hydrogen-bond acceptors (Lipinski definition) is 2. The molecule has 1 heterocycles. The number of alkyl halides is 3. The lowest BCUT2D eigenvalue weighted by molar-refractivity contribution is -0.348. The summed E-state index contributed by atoms with van der Waals surface area (Å²) in [5.74, 6) is 2.15. The maximum Gasteiger partial charge on any atom is 0.522 e. The highest BCUT2D eigenvalue weighted by molar-refractivity contribution is 5.82. The number of piperidine rings is 1. The summed E-state index contributed by atoms with van der Waals surface area (Å²) in [6, 6.07) is -0.731. The Hall–Kier alpha value is -1.22. The molecule has 1 amide bonds. The number of nitrogens with zero attached hydrogens (tertiary/aromatic N) is 1. The molecule has 2 saturated carbocycles. The van der Waals surface area contributed by atoms with Crippen molar-refractivity contribution < 1.29 is 22.7 Å². The van der Waals surface area contributed by atoms with E-state index >= 15 is 0 Å². The van der Waals surface area contributed by atoms with Crippen molar-refractivity contribution in [3.63, 3.8) is 0 Å². The lowest BCUT2D eigenvalue weighted by Gasteiger charge is -2.36. The second-order valence-electron chi connectivity index (χ2n) is 5.52. The van der Waals surface area contributed by atoms with Crippen molar-refractivity contribution in [2.24, 2.45) is 11.8 Å². The molecule has 3 nitrogen and oxygen atoms in total. The second kappa shape index (κ2) is 4.14. The highest BCUT2D eigenvalue weighted by Crippen LogP contribution is 2.47. The smallest absolute Gasteiger partial charge is 0.325 e. The Kier molecular flexibility index (Phi) is 2.79. The van der Waals surface area contributed by atoms with E-state index in [1.807, 2.05) is 0 Å². The van der Waals surface area contributed by atoms with Gasteiger partial charge in [0.25, 0.3) is 0 Å². The first-order valence-electron chi connectivity index (χ1n) is 6.43. The Balaban J connectivity index is 1.74. The second-order valence-corrected chi connectivity index (χ2v) is 5.52. The Bertz CT molecular complexity index is 438. The van der Waals surface area contributed by atoms with E-state index in [0.717, 1.165) is 12.8 Å². The molecular weight excluding hydrogens is 259 g/mol. The van der Waals surface area contributed by atoms with Gasteiger partial charge in [-0.05, 0) is 25.7 Å². The van der Waals surface area contributed by atoms with Crippen molar-refractivity contribution in [1.29, 1.82) is 0 Å². The van der Waals surface area contributed by atoms with Crippen LogP contribution in [0.2, 0.25) is 0 Å². The van der Waals surface area contributed by atoms with Gasteiger partial charge in [0.1, 0.15) is 0 Å². The number of fused-ring (bicyclic) bond motifs is 2. The van der Waals surface area contributed by atoms with E-state index in [9.17, 15) is 18.0 Å². The third-order valence-corrected chi connectivity index (χ3v) is 4.26. The maximum absolute atomic E-state index is 12.3. The summed E-state index contributed by atoms with van der Waals surface area (Å²) in [5.41, 5.74) is 0. The molecule has 0 spiro atoms. The molecule has 19 heavy (non-hydrogen) atoms. The van der Waals surface area contributed by atoms with Crippen LogP contribution in [-0.2, 0) is 9.53 Å². The fraction of sp³-hybridized carbons (Fsp3) is 0.769. The van der Waals surface area contributed by atoms with Crippen LogP contribution in [0, 0.1) is 24.2 Å². The number of carbonyl (C=O) groups is 1. The highest BCUT2D eigenvalue weighted by atomic mass is 19.4. The molecule has 1 aliphatic heterocycles. The van der Waals surface area contributed by atoms with E-state index in [1.165, 1.54) is 0 Å². The van der Waals surface area contributed by atoms with Gasteiger partial charge in [-0.2, -0.15) is 0 Å². The summed E-state index contributed by atoms with van der Waals surface area (Å²) >= 11 is 0. The molecule has 4 atom stereocenters. The molecule has 3 aliphatic rings. The van der Waals surface area contributed by atoms with Gasteiger partial charge in [-0.25, -0.2) is 0 Å². The van der Waals surface area contributed by atoms with Crippen molar-refractivity contribution in [3.05, 3.63) is 0 Å². The van der Waals surface area contributed by atoms with Gasteiger partial charge in [-0.1, -0.05) is 5.92 Å². The molecule has 0 aromatic rings. The number of terminal acetylenes is 1. The number of halogens is 3. The van der Waals surface area contributed by atoms with Crippen LogP contribution in [-0.4, -0.2) is 35.4 Å². The van der Waals surface area contributed by atoms with Crippen LogP contribution in [0.15, 0.2) is 0 Å². The van der Waals surface area contributed by atoms with E-state index in [1.54, 1.807) is 4.90 Å². The molecular formula is C13H14F3NO2. The summed E-state index contributed by atoms with van der Waals surface area (Å²) in [4.78, 5) is 13.8. The van der Waals surface area contributed by atoms with Crippen molar-refractivity contribution in [2.75, 3.05) is 0 Å². The number of rotatable bonds is 2. The monoisotopic (exact) mass is 273 g/mol. The standard InChI is InChI=1S/C13H14F3NO2/c1-2-10-9-5-8(6-11(9)19-13(14,15)16)17(10)12(18)7-3-4-7/h1,7-11H,3-6H2/t8-,9-,10+,11+/m1/s1. The molecule has 3 rings (SSSR count). The number of hydrogen-bond donors (Lipinski definition) is 0. The first-order valence-corrected chi connectivity index (χ1v) is 6.43. The molecule has 6 heteroatoms. The molecule has 0 radical (unpaired) electrons. The van der Waals surface area contributed by atoms with Crippen LogP contribution in [0.25, 0.3) is 0 Å². The quantitative estimate of drug-likeness (QED) is 0.719. The summed E-state index contributed by atoms with van der Waals surface area (Å²) in [5, 5.41) is 0. The average Bonchev–Trinajstić information content (AvgIpc) is 3.00. The van der Waals surface area contributed by atoms with Crippen molar-refractivity contribution in [3.8, 4) is 12.3 Å². The normalized spacial score (nSPS) is 37.5. The van der Waals surface area contributed by atoms with Gasteiger partial charge >= 0.3 is 6.36 Å². The number of carbonyl (C=O) groups excluding carboxylic acids is 1. The topological polar surface area (TPSA) is 29.5 Å². The molecule has 2 bridgehead atoms. The molecule has 0 aromatic heterocycles. The molecule has 2 aliphatic carbocycles. The number of ether oxygens (including phenoxy) is 1. The first kappa shape index (κ1) is 12.8. The van der Waals surface area contributed by atoms with Gasteiger partial charge in [0.2, 0.25) is 5.91 Å². The lowest BCUT2D eigenvalue weighted by Crippen LogP contribution is -2.50. The maximum atomic E-state index is 12.3. The zero-order chi connectivity index (χ0) is 13.8. The van der Waals surface area contributed by atoms with E-state index in [4.69, 9.17) is 6.42 Å². The Morgan fingerprint density at radius 3 is 2.53 bits per heavy atom. The van der Waals surface area contributed by atoms with Gasteiger partial charge in [-0.3, -0.25) is 9.53 Å². The van der Waals surface area contributed by atoms with Crippen LogP contribution < -0.4 is 0 Å². The SMILES string of the molecule is C#C[C@H]1[C@H]2C[C@H](C[C@@H]2OC(F)(F)F)N1C(=O)C1CC1. The van der Waals surface area contributed by atoms with E-state index in [2.05, 4.69) is 10.7 Å². The predicted molar refractivity (Wildman–Crippen MR) is 59.6 cm³/mol. The fourth-order valence-corrected chi connectivity index (χ4v) is 3.37. The molecule has 0 unspecified atom stereocenters. The van der Waals surface area contributed by atoms with Crippen LogP contribution >= 0.6 is 0 Å². The number of likely N-dealkylation sites (tertiary alicyclic amines) is 1. The number of amides is 1. The minimum atomic E-state index is -4.64. The lowest BCUT2D eigenvalue weighted by atomic mass is 9.96. The van der Waals surface area contributed by atoms with Crippen LogP contribution in [0.4, 0.5) is 13.2 Å². The zero-order valence-electron chi connectivity index (χ0n) is 10.2. The van der Waals surface area contributed by atoms with Crippen molar-refractivity contribution in [1.82, 2.24) is 4.90 Å². The Morgan fingerprint density at radius 2 is 2.00 bits per heavy atom. The average molecular weight is 273 g/mol. The van der Waals surface area contributed by atoms with Gasteiger partial charge in [0.05, 0.1) is 12.1 Å². The minimum absolute atomic E-state index is 0.0147. The molecule has 0 N–H and O–H groups in total.